The summed E-state index contributed by atoms with van der Waals surface area (Å²) in [6, 6.07) is 0. The van der Waals surface area contributed by atoms with Crippen LogP contribution in [0.3, 0.4) is 0 Å². The Labute approximate surface area is 154 Å². The quantitative estimate of drug-likeness (QED) is 0.409. The summed E-state index contributed by atoms with van der Waals surface area (Å²) in [4.78, 5) is 0. The molecule has 1 aliphatic heterocycles. The zero-order valence-corrected chi connectivity index (χ0v) is 17.1. The largest absolute Gasteiger partial charge is 0.480 e. The molecule has 0 spiro atoms. The zero-order chi connectivity index (χ0) is 19.1. The summed E-state index contributed by atoms with van der Waals surface area (Å²) >= 11 is 1.19. The van der Waals surface area contributed by atoms with Crippen molar-refractivity contribution in [3.63, 3.8) is 0 Å². The van der Waals surface area contributed by atoms with E-state index < -0.39 is 0 Å². The predicted octanol–water partition coefficient (Wildman–Crippen LogP) is 4.69. The van der Waals surface area contributed by atoms with E-state index in [1.807, 2.05) is 55.4 Å². The number of nitrogens with zero attached hydrogens (tertiary/aromatic N) is 6. The van der Waals surface area contributed by atoms with Gasteiger partial charge < -0.3 is 9.47 Å². The van der Waals surface area contributed by atoms with E-state index in [1.165, 1.54) is 11.8 Å². The molecule has 0 aromatic carbocycles. The van der Waals surface area contributed by atoms with Gasteiger partial charge in [0, 0.05) is 10.8 Å². The Morgan fingerprint density at radius 1 is 0.800 bits per heavy atom. The Kier molecular flexibility index (Phi) is 7.72. The number of azo groups is 1. The molecule has 0 atom stereocenters. The Hall–Kier alpha value is -1.77. The summed E-state index contributed by atoms with van der Waals surface area (Å²) in [6.07, 6.45) is 0. The van der Waals surface area contributed by atoms with Crippen LogP contribution in [0.4, 0.5) is 0 Å². The first-order valence-electron chi connectivity index (χ1n) is 8.25. The van der Waals surface area contributed by atoms with Crippen molar-refractivity contribution in [2.45, 2.75) is 55.4 Å². The van der Waals surface area contributed by atoms with E-state index in [2.05, 4.69) is 30.6 Å². The highest BCUT2D eigenvalue weighted by atomic mass is 32.2. The van der Waals surface area contributed by atoms with Gasteiger partial charge in [0.2, 0.25) is 22.1 Å². The Balaban J connectivity index is 2.89. The van der Waals surface area contributed by atoms with Crippen LogP contribution in [0.15, 0.2) is 30.6 Å². The van der Waals surface area contributed by atoms with Crippen LogP contribution >= 0.6 is 11.8 Å². The van der Waals surface area contributed by atoms with Crippen molar-refractivity contribution >= 4 is 33.9 Å². The molecule has 1 heterocycles. The highest BCUT2D eigenvalue weighted by Crippen LogP contribution is 2.22. The van der Waals surface area contributed by atoms with E-state index in [1.54, 1.807) is 0 Å². The van der Waals surface area contributed by atoms with Crippen LogP contribution in [-0.4, -0.2) is 35.3 Å². The molecule has 0 aromatic heterocycles. The third-order valence-electron chi connectivity index (χ3n) is 2.70. The first-order valence-corrected chi connectivity index (χ1v) is 9.07. The maximum absolute atomic E-state index is 5.53. The van der Waals surface area contributed by atoms with Crippen LogP contribution in [0.5, 0.6) is 0 Å². The lowest BCUT2D eigenvalue weighted by Gasteiger charge is -2.19. The second-order valence-electron chi connectivity index (χ2n) is 7.24. The smallest absolute Gasteiger partial charge is 0.237 e. The zero-order valence-electron chi connectivity index (χ0n) is 16.3. The monoisotopic (exact) mass is 368 g/mol. The molecule has 0 saturated carbocycles. The van der Waals surface area contributed by atoms with Crippen LogP contribution in [0.25, 0.3) is 0 Å². The molecule has 25 heavy (non-hydrogen) atoms. The molecule has 1 rings (SSSR count). The van der Waals surface area contributed by atoms with Gasteiger partial charge in [-0.25, -0.2) is 0 Å². The Morgan fingerprint density at radius 2 is 1.16 bits per heavy atom. The molecule has 140 valence electrons. The lowest BCUT2D eigenvalue weighted by molar-refractivity contribution is 0.278. The number of hydrogen-bond acceptors (Lipinski definition) is 7. The molecule has 0 fully saturated rings. The minimum Gasteiger partial charge on any atom is -0.480 e. The van der Waals surface area contributed by atoms with E-state index in [9.17, 15) is 0 Å². The van der Waals surface area contributed by atoms with Crippen molar-refractivity contribution in [3.05, 3.63) is 0 Å². The molecule has 9 heteroatoms. The van der Waals surface area contributed by atoms with Crippen molar-refractivity contribution in [1.29, 1.82) is 0 Å². The Morgan fingerprint density at radius 3 is 1.44 bits per heavy atom. The summed E-state index contributed by atoms with van der Waals surface area (Å²) < 4.78 is 11.1. The molecule has 0 N–H and O–H groups in total. The molecule has 8 nitrogen and oxygen atoms in total. The van der Waals surface area contributed by atoms with E-state index in [0.29, 0.717) is 35.3 Å². The molecule has 1 aliphatic rings. The lowest BCUT2D eigenvalue weighted by Crippen LogP contribution is -2.23. The van der Waals surface area contributed by atoms with Crippen molar-refractivity contribution < 1.29 is 9.47 Å². The molecular weight excluding hydrogens is 340 g/mol. The van der Waals surface area contributed by atoms with Gasteiger partial charge in [0.05, 0.1) is 13.2 Å². The van der Waals surface area contributed by atoms with Gasteiger partial charge >= 0.3 is 0 Å². The maximum atomic E-state index is 5.53. The third-order valence-corrected chi connectivity index (χ3v) is 3.39. The molecule has 0 bridgehead atoms. The molecule has 0 saturated heterocycles. The van der Waals surface area contributed by atoms with E-state index in [-0.39, 0.29) is 10.8 Å². The van der Waals surface area contributed by atoms with Crippen LogP contribution in [0, 0.1) is 10.8 Å². The minimum absolute atomic E-state index is 0.235. The fourth-order valence-corrected chi connectivity index (χ4v) is 2.02. The molecule has 0 unspecified atom stereocenters. The van der Waals surface area contributed by atoms with Gasteiger partial charge in [-0.1, -0.05) is 41.5 Å². The van der Waals surface area contributed by atoms with Crippen molar-refractivity contribution in [2.75, 3.05) is 13.2 Å². The van der Waals surface area contributed by atoms with Gasteiger partial charge in [-0.2, -0.15) is 0 Å². The Bertz CT molecular complexity index is 557. The van der Waals surface area contributed by atoms with E-state index in [4.69, 9.17) is 9.47 Å². The lowest BCUT2D eigenvalue weighted by atomic mass is 9.97. The number of thioether (sulfide) groups is 1. The highest BCUT2D eigenvalue weighted by molar-refractivity contribution is 8.26. The average molecular weight is 369 g/mol. The topological polar surface area (TPSA) is 92.6 Å². The fraction of sp³-hybridized carbons (Fsp3) is 0.750. The highest BCUT2D eigenvalue weighted by Gasteiger charge is 2.23. The summed E-state index contributed by atoms with van der Waals surface area (Å²) in [6.45, 7) is 16.9. The van der Waals surface area contributed by atoms with Gasteiger partial charge in [-0.05, 0) is 25.6 Å². The second kappa shape index (κ2) is 9.07. The number of amidine groups is 2. The molecule has 0 radical (unpaired) electrons. The second-order valence-corrected chi connectivity index (χ2v) is 8.18. The summed E-state index contributed by atoms with van der Waals surface area (Å²) in [5.74, 6) is 1.10. The molecule has 0 amide bonds. The van der Waals surface area contributed by atoms with Crippen LogP contribution in [0.2, 0.25) is 0 Å². The normalized spacial score (nSPS) is 19.8. The van der Waals surface area contributed by atoms with E-state index in [0.717, 1.165) is 0 Å². The van der Waals surface area contributed by atoms with Gasteiger partial charge in [-0.15, -0.1) is 30.6 Å². The standard InChI is InChI=1S/C16H28N6O2S/c1-9-23-11(15(3,4)5)17-19-13-21-22-14(25-13)20-18-12(24-10-2)16(6,7)8/h9-10H2,1-8H3/b17-11+,18-12+,19-13-,20-14+. The van der Waals surface area contributed by atoms with Crippen LogP contribution in [-0.2, 0) is 9.47 Å². The van der Waals surface area contributed by atoms with Crippen LogP contribution in [0.1, 0.15) is 55.4 Å². The average Bonchev–Trinajstić information content (AvgIpc) is 2.93. The number of rotatable bonds is 4. The third kappa shape index (κ3) is 7.33. The fourth-order valence-electron chi connectivity index (χ4n) is 1.53. The predicted molar refractivity (Wildman–Crippen MR) is 104 cm³/mol. The SMILES string of the molecule is CCO/C(=N/N=C1N=N/C(=N\N=C(\OCC)C(C)(C)C)S/1)C(C)(C)C. The molecule has 0 aromatic rings. The van der Waals surface area contributed by atoms with Crippen molar-refractivity contribution in [1.82, 2.24) is 0 Å². The van der Waals surface area contributed by atoms with Gasteiger partial charge in [0.15, 0.2) is 0 Å². The summed E-state index contributed by atoms with van der Waals surface area (Å²) in [5.41, 5.74) is -0.471. The number of hydrogen-bond donors (Lipinski definition) is 0. The van der Waals surface area contributed by atoms with Gasteiger partial charge in [0.25, 0.3) is 0 Å². The summed E-state index contributed by atoms with van der Waals surface area (Å²) in [7, 11) is 0. The van der Waals surface area contributed by atoms with Crippen LogP contribution < -0.4 is 0 Å². The van der Waals surface area contributed by atoms with E-state index >= 15 is 0 Å². The molecular formula is C16H28N6O2S. The minimum atomic E-state index is -0.235. The first-order chi connectivity index (χ1) is 11.6. The summed E-state index contributed by atoms with van der Waals surface area (Å²) in [5, 5.41) is 25.2. The van der Waals surface area contributed by atoms with Gasteiger partial charge in [0.1, 0.15) is 0 Å². The molecule has 0 aliphatic carbocycles. The van der Waals surface area contributed by atoms with Crippen molar-refractivity contribution in [2.24, 2.45) is 41.5 Å². The first kappa shape index (κ1) is 21.3. The maximum Gasteiger partial charge on any atom is 0.237 e. The van der Waals surface area contributed by atoms with Crippen molar-refractivity contribution in [3.8, 4) is 0 Å². The number of ether oxygens (including phenoxy) is 2. The van der Waals surface area contributed by atoms with Gasteiger partial charge in [-0.3, -0.25) is 0 Å².